The monoisotopic (exact) mass is 169 g/mol. The SMILES string of the molecule is CC(C)(C)CO.O=[P+](O)O. The summed E-state index contributed by atoms with van der Waals surface area (Å²) < 4.78 is 8.70. The molecule has 0 aliphatic rings. The zero-order valence-electron chi connectivity index (χ0n) is 6.40. The second-order valence-electron chi connectivity index (χ2n) is 2.97. The van der Waals surface area contributed by atoms with Gasteiger partial charge in [0.15, 0.2) is 0 Å². The molecule has 0 fully saturated rings. The minimum atomic E-state index is -2.87. The Kier molecular flexibility index (Phi) is 7.26. The Morgan fingerprint density at radius 3 is 1.40 bits per heavy atom. The standard InChI is InChI=1S/C5H12O.HO3P/c1-5(2,3)4-6;1-4(2)3/h6H,4H2,1-3H3;(H-,1,2,3)/p+1. The van der Waals surface area contributed by atoms with Gasteiger partial charge in [0.1, 0.15) is 0 Å². The molecule has 0 aliphatic heterocycles. The van der Waals surface area contributed by atoms with E-state index in [4.69, 9.17) is 19.5 Å². The molecule has 0 atom stereocenters. The second kappa shape index (κ2) is 5.74. The summed E-state index contributed by atoms with van der Waals surface area (Å²) in [4.78, 5) is 14.2. The van der Waals surface area contributed by atoms with Gasteiger partial charge in [0.05, 0.1) is 0 Å². The molecular formula is C5H14O4P+. The fraction of sp³-hybridized carbons (Fsp3) is 1.00. The van der Waals surface area contributed by atoms with Crippen LogP contribution in [0.25, 0.3) is 0 Å². The Labute approximate surface area is 61.5 Å². The van der Waals surface area contributed by atoms with Gasteiger partial charge in [-0.3, -0.25) is 0 Å². The van der Waals surface area contributed by atoms with Crippen LogP contribution in [0.2, 0.25) is 0 Å². The van der Waals surface area contributed by atoms with Gasteiger partial charge in [0.25, 0.3) is 0 Å². The van der Waals surface area contributed by atoms with Crippen molar-refractivity contribution in [3.05, 3.63) is 0 Å². The van der Waals surface area contributed by atoms with Crippen molar-refractivity contribution in [3.8, 4) is 0 Å². The molecule has 0 rings (SSSR count). The molecule has 0 bridgehead atoms. The first-order chi connectivity index (χ1) is 4.29. The topological polar surface area (TPSA) is 77.8 Å². The van der Waals surface area contributed by atoms with E-state index in [1.165, 1.54) is 0 Å². The van der Waals surface area contributed by atoms with Crippen LogP contribution in [0, 0.1) is 5.41 Å². The maximum atomic E-state index is 8.70. The van der Waals surface area contributed by atoms with Crippen LogP contribution < -0.4 is 0 Å². The molecule has 0 saturated carbocycles. The zero-order valence-corrected chi connectivity index (χ0v) is 7.30. The lowest BCUT2D eigenvalue weighted by Gasteiger charge is -2.11. The van der Waals surface area contributed by atoms with E-state index in [0.717, 1.165) is 0 Å². The van der Waals surface area contributed by atoms with Gasteiger partial charge in [0.2, 0.25) is 0 Å². The largest absolute Gasteiger partial charge is 0.692 e. The van der Waals surface area contributed by atoms with E-state index in [2.05, 4.69) is 0 Å². The summed E-state index contributed by atoms with van der Waals surface area (Å²) >= 11 is 0. The molecule has 0 aromatic heterocycles. The molecule has 4 nitrogen and oxygen atoms in total. The van der Waals surface area contributed by atoms with Crippen LogP contribution >= 0.6 is 8.25 Å². The third-order valence-electron chi connectivity index (χ3n) is 0.474. The van der Waals surface area contributed by atoms with Gasteiger partial charge >= 0.3 is 8.25 Å². The molecule has 62 valence electrons. The molecule has 0 spiro atoms. The maximum Gasteiger partial charge on any atom is 0.692 e. The Bertz CT molecular complexity index is 92.3. The fourth-order valence-corrected chi connectivity index (χ4v) is 0. The molecule has 0 aromatic rings. The zero-order chi connectivity index (χ0) is 8.78. The third kappa shape index (κ3) is 43.8. The lowest BCUT2D eigenvalue weighted by atomic mass is 9.99. The summed E-state index contributed by atoms with van der Waals surface area (Å²) in [7, 11) is -2.87. The Balaban J connectivity index is 0. The average molecular weight is 169 g/mol. The van der Waals surface area contributed by atoms with Crippen LogP contribution in [0.3, 0.4) is 0 Å². The van der Waals surface area contributed by atoms with Crippen molar-refractivity contribution in [1.29, 1.82) is 0 Å². The highest BCUT2D eigenvalue weighted by atomic mass is 31.1. The summed E-state index contributed by atoms with van der Waals surface area (Å²) in [5.41, 5.74) is 0.0972. The normalized spacial score (nSPS) is 9.80. The van der Waals surface area contributed by atoms with E-state index in [0.29, 0.717) is 0 Å². The summed E-state index contributed by atoms with van der Waals surface area (Å²) in [5.74, 6) is 0. The van der Waals surface area contributed by atoms with Crippen LogP contribution in [0.1, 0.15) is 20.8 Å². The third-order valence-corrected chi connectivity index (χ3v) is 0.474. The van der Waals surface area contributed by atoms with Crippen LogP contribution in [-0.2, 0) is 4.57 Å². The number of rotatable bonds is 0. The van der Waals surface area contributed by atoms with Crippen molar-refractivity contribution in [3.63, 3.8) is 0 Å². The lowest BCUT2D eigenvalue weighted by molar-refractivity contribution is 0.177. The smallest absolute Gasteiger partial charge is 0.396 e. The number of hydrogen-bond acceptors (Lipinski definition) is 2. The van der Waals surface area contributed by atoms with E-state index in [-0.39, 0.29) is 12.0 Å². The van der Waals surface area contributed by atoms with E-state index in [9.17, 15) is 0 Å². The van der Waals surface area contributed by atoms with Gasteiger partial charge in [-0.25, -0.2) is 0 Å². The number of aliphatic hydroxyl groups excluding tert-OH is 1. The van der Waals surface area contributed by atoms with Gasteiger partial charge in [0, 0.05) is 11.2 Å². The minimum absolute atomic E-state index is 0.0972. The molecule has 0 radical (unpaired) electrons. The quantitative estimate of drug-likeness (QED) is 0.465. The Hall–Kier alpha value is -0.0200. The van der Waals surface area contributed by atoms with Crippen LogP contribution in [0.4, 0.5) is 0 Å². The molecular weight excluding hydrogens is 155 g/mol. The van der Waals surface area contributed by atoms with Gasteiger partial charge in [-0.05, 0) is 5.41 Å². The van der Waals surface area contributed by atoms with Crippen LogP contribution in [0.15, 0.2) is 0 Å². The first-order valence-electron chi connectivity index (χ1n) is 2.75. The number of hydrogen-bond donors (Lipinski definition) is 3. The molecule has 0 unspecified atom stereocenters. The highest BCUT2D eigenvalue weighted by Crippen LogP contribution is 2.09. The van der Waals surface area contributed by atoms with Crippen molar-refractivity contribution in [2.24, 2.45) is 5.41 Å². The van der Waals surface area contributed by atoms with E-state index in [1.807, 2.05) is 20.8 Å². The highest BCUT2D eigenvalue weighted by molar-refractivity contribution is 7.30. The van der Waals surface area contributed by atoms with Crippen LogP contribution in [-0.4, -0.2) is 21.5 Å². The maximum absolute atomic E-state index is 8.70. The second-order valence-corrected chi connectivity index (χ2v) is 3.48. The van der Waals surface area contributed by atoms with Crippen molar-refractivity contribution in [2.75, 3.05) is 6.61 Å². The Morgan fingerprint density at radius 1 is 1.30 bits per heavy atom. The highest BCUT2D eigenvalue weighted by Gasteiger charge is 2.05. The summed E-state index contributed by atoms with van der Waals surface area (Å²) in [6.45, 7) is 6.25. The first-order valence-corrected chi connectivity index (χ1v) is 3.92. The van der Waals surface area contributed by atoms with Crippen molar-refractivity contribution in [1.82, 2.24) is 0 Å². The van der Waals surface area contributed by atoms with E-state index in [1.54, 1.807) is 0 Å². The molecule has 0 aliphatic carbocycles. The number of aliphatic hydroxyl groups is 1. The summed E-state index contributed by atoms with van der Waals surface area (Å²) in [6.07, 6.45) is 0. The molecule has 10 heavy (non-hydrogen) atoms. The molecule has 0 saturated heterocycles. The predicted molar refractivity (Wildman–Crippen MR) is 38.6 cm³/mol. The lowest BCUT2D eigenvalue weighted by Crippen LogP contribution is -2.09. The van der Waals surface area contributed by atoms with Gasteiger partial charge in [-0.2, -0.15) is 0 Å². The van der Waals surface area contributed by atoms with Crippen LogP contribution in [0.5, 0.6) is 0 Å². The van der Waals surface area contributed by atoms with Crippen molar-refractivity contribution in [2.45, 2.75) is 20.8 Å². The van der Waals surface area contributed by atoms with Crippen molar-refractivity contribution >= 4 is 8.25 Å². The first kappa shape index (κ1) is 12.6. The summed E-state index contributed by atoms with van der Waals surface area (Å²) in [5, 5.41) is 8.40. The molecule has 0 aromatic carbocycles. The van der Waals surface area contributed by atoms with E-state index < -0.39 is 8.25 Å². The van der Waals surface area contributed by atoms with Gasteiger partial charge in [-0.1, -0.05) is 20.8 Å². The molecule has 0 heterocycles. The molecule has 3 N–H and O–H groups in total. The van der Waals surface area contributed by atoms with Gasteiger partial charge < -0.3 is 5.11 Å². The van der Waals surface area contributed by atoms with E-state index >= 15 is 0 Å². The Morgan fingerprint density at radius 2 is 1.40 bits per heavy atom. The average Bonchev–Trinajstić information content (AvgIpc) is 1.63. The van der Waals surface area contributed by atoms with Crippen molar-refractivity contribution < 1.29 is 19.5 Å². The minimum Gasteiger partial charge on any atom is -0.396 e. The van der Waals surface area contributed by atoms with Gasteiger partial charge in [-0.15, -0.1) is 9.79 Å². The summed E-state index contributed by atoms with van der Waals surface area (Å²) in [6, 6.07) is 0. The molecule has 5 heteroatoms. The molecule has 0 amide bonds. The fourth-order valence-electron chi connectivity index (χ4n) is 0. The predicted octanol–water partition coefficient (Wildman–Crippen LogP) is 0.653.